The minimum absolute atomic E-state index is 0.0294. The summed E-state index contributed by atoms with van der Waals surface area (Å²) in [6.07, 6.45) is 1.66. The Balaban J connectivity index is 1.98. The van der Waals surface area contributed by atoms with Gasteiger partial charge in [-0.05, 0) is 36.4 Å². The summed E-state index contributed by atoms with van der Waals surface area (Å²) in [4.78, 5) is -0.0294. The Morgan fingerprint density at radius 2 is 1.90 bits per heavy atom. The van der Waals surface area contributed by atoms with E-state index in [2.05, 4.69) is 14.9 Å². The predicted octanol–water partition coefficient (Wildman–Crippen LogP) is 3.67. The summed E-state index contributed by atoms with van der Waals surface area (Å²) in [6.45, 7) is 0. The lowest BCUT2D eigenvalue weighted by Crippen LogP contribution is -2.13. The summed E-state index contributed by atoms with van der Waals surface area (Å²) >= 11 is 11.7. The largest absolute Gasteiger partial charge is 0.280 e. The van der Waals surface area contributed by atoms with Crippen molar-refractivity contribution < 1.29 is 8.42 Å². The zero-order valence-electron chi connectivity index (χ0n) is 10.5. The van der Waals surface area contributed by atoms with Crippen LogP contribution in [0.5, 0.6) is 0 Å². The van der Waals surface area contributed by atoms with Crippen molar-refractivity contribution in [1.82, 2.24) is 10.2 Å². The fourth-order valence-corrected chi connectivity index (χ4v) is 3.73. The first-order chi connectivity index (χ1) is 9.95. The van der Waals surface area contributed by atoms with Crippen molar-refractivity contribution in [2.75, 3.05) is 4.72 Å². The van der Waals surface area contributed by atoms with Gasteiger partial charge in [0.15, 0.2) is 0 Å². The lowest BCUT2D eigenvalue weighted by atomic mass is 10.2. The summed E-state index contributed by atoms with van der Waals surface area (Å²) < 4.78 is 27.2. The van der Waals surface area contributed by atoms with Gasteiger partial charge in [0.2, 0.25) is 0 Å². The number of aromatic nitrogens is 2. The number of anilines is 1. The van der Waals surface area contributed by atoms with Crippen LogP contribution in [0.15, 0.2) is 47.5 Å². The molecule has 0 saturated heterocycles. The molecule has 0 saturated carbocycles. The molecule has 0 aliphatic carbocycles. The highest BCUT2D eigenvalue weighted by Gasteiger charge is 2.18. The number of hydrogen-bond acceptors (Lipinski definition) is 3. The van der Waals surface area contributed by atoms with E-state index in [1.165, 1.54) is 18.2 Å². The Morgan fingerprint density at radius 1 is 1.10 bits per heavy atom. The van der Waals surface area contributed by atoms with Crippen LogP contribution in [0, 0.1) is 0 Å². The molecule has 2 aromatic carbocycles. The van der Waals surface area contributed by atoms with Crippen molar-refractivity contribution in [3.63, 3.8) is 0 Å². The van der Waals surface area contributed by atoms with Gasteiger partial charge < -0.3 is 0 Å². The van der Waals surface area contributed by atoms with E-state index in [-0.39, 0.29) is 9.92 Å². The molecule has 0 spiro atoms. The van der Waals surface area contributed by atoms with Gasteiger partial charge in [-0.2, -0.15) is 5.10 Å². The van der Waals surface area contributed by atoms with Gasteiger partial charge in [0, 0.05) is 10.4 Å². The van der Waals surface area contributed by atoms with Crippen LogP contribution in [0.2, 0.25) is 10.0 Å². The third kappa shape index (κ3) is 2.83. The van der Waals surface area contributed by atoms with Crippen molar-refractivity contribution in [3.05, 3.63) is 52.6 Å². The molecule has 1 heterocycles. The number of halogens is 2. The molecule has 0 fully saturated rings. The van der Waals surface area contributed by atoms with E-state index in [9.17, 15) is 8.42 Å². The number of aromatic amines is 1. The van der Waals surface area contributed by atoms with Crippen LogP contribution in [-0.4, -0.2) is 18.6 Å². The maximum atomic E-state index is 12.3. The monoisotopic (exact) mass is 341 g/mol. The minimum atomic E-state index is -3.79. The zero-order valence-corrected chi connectivity index (χ0v) is 12.8. The van der Waals surface area contributed by atoms with Crippen LogP contribution in [0.3, 0.4) is 0 Å². The number of nitrogens with zero attached hydrogens (tertiary/aromatic N) is 1. The van der Waals surface area contributed by atoms with Crippen molar-refractivity contribution in [1.29, 1.82) is 0 Å². The van der Waals surface area contributed by atoms with E-state index in [1.807, 2.05) is 0 Å². The lowest BCUT2D eigenvalue weighted by molar-refractivity contribution is 0.601. The molecular weight excluding hydrogens is 333 g/mol. The molecule has 0 amide bonds. The Kier molecular flexibility index (Phi) is 3.52. The number of fused-ring (bicyclic) bond motifs is 1. The number of hydrogen-bond donors (Lipinski definition) is 2. The minimum Gasteiger partial charge on any atom is -0.280 e. The molecule has 0 radical (unpaired) electrons. The molecule has 0 aliphatic rings. The van der Waals surface area contributed by atoms with Crippen molar-refractivity contribution in [2.45, 2.75) is 4.90 Å². The van der Waals surface area contributed by atoms with Crippen LogP contribution in [-0.2, 0) is 10.0 Å². The Morgan fingerprint density at radius 3 is 2.67 bits per heavy atom. The third-order valence-corrected chi connectivity index (χ3v) is 4.98. The molecule has 0 atom stereocenters. The van der Waals surface area contributed by atoms with Crippen molar-refractivity contribution >= 4 is 49.8 Å². The lowest BCUT2D eigenvalue weighted by Gasteiger charge is -2.09. The zero-order chi connectivity index (χ0) is 15.0. The summed E-state index contributed by atoms with van der Waals surface area (Å²) in [6, 6.07) is 9.29. The quantitative estimate of drug-likeness (QED) is 0.763. The maximum absolute atomic E-state index is 12.3. The molecule has 5 nitrogen and oxygen atoms in total. The molecule has 21 heavy (non-hydrogen) atoms. The molecule has 0 unspecified atom stereocenters. The number of nitrogens with one attached hydrogen (secondary N) is 2. The smallest absolute Gasteiger partial charge is 0.263 e. The molecule has 3 rings (SSSR count). The average molecular weight is 342 g/mol. The number of rotatable bonds is 3. The Bertz CT molecular complexity index is 922. The second-order valence-electron chi connectivity index (χ2n) is 4.35. The van der Waals surface area contributed by atoms with E-state index < -0.39 is 10.0 Å². The van der Waals surface area contributed by atoms with Gasteiger partial charge in [0.25, 0.3) is 10.0 Å². The predicted molar refractivity (Wildman–Crippen MR) is 83.4 cm³/mol. The third-order valence-electron chi connectivity index (χ3n) is 2.88. The van der Waals surface area contributed by atoms with Gasteiger partial charge in [-0.25, -0.2) is 8.42 Å². The maximum Gasteiger partial charge on any atom is 0.263 e. The number of H-pyrrole nitrogens is 1. The SMILES string of the molecule is O=S(=O)(Nc1ccc2cn[nH]c2c1)c1ccc(Cl)cc1Cl. The van der Waals surface area contributed by atoms with E-state index in [0.29, 0.717) is 10.7 Å². The first-order valence-electron chi connectivity index (χ1n) is 5.87. The van der Waals surface area contributed by atoms with Crippen LogP contribution in [0.25, 0.3) is 10.9 Å². The van der Waals surface area contributed by atoms with E-state index in [0.717, 1.165) is 10.9 Å². The first kappa shape index (κ1) is 14.2. The normalized spacial score (nSPS) is 11.7. The molecule has 0 bridgehead atoms. The Labute approximate surface area is 130 Å². The standard InChI is InChI=1S/C13H9Cl2N3O2S/c14-9-2-4-13(11(15)5-9)21(19,20)18-10-3-1-8-7-16-17-12(8)6-10/h1-7,18H,(H,16,17). The van der Waals surface area contributed by atoms with Gasteiger partial charge in [-0.1, -0.05) is 23.2 Å². The second-order valence-corrected chi connectivity index (χ2v) is 6.85. The van der Waals surface area contributed by atoms with Gasteiger partial charge in [0.05, 0.1) is 22.4 Å². The van der Waals surface area contributed by atoms with Crippen LogP contribution in [0.1, 0.15) is 0 Å². The highest BCUT2D eigenvalue weighted by atomic mass is 35.5. The topological polar surface area (TPSA) is 74.8 Å². The molecule has 3 aromatic rings. The molecule has 108 valence electrons. The van der Waals surface area contributed by atoms with Crippen molar-refractivity contribution in [3.8, 4) is 0 Å². The highest BCUT2D eigenvalue weighted by Crippen LogP contribution is 2.27. The number of sulfonamides is 1. The van der Waals surface area contributed by atoms with E-state index >= 15 is 0 Å². The molecule has 0 aliphatic heterocycles. The van der Waals surface area contributed by atoms with Gasteiger partial charge in [-0.15, -0.1) is 0 Å². The van der Waals surface area contributed by atoms with Gasteiger partial charge >= 0.3 is 0 Å². The summed E-state index contributed by atoms with van der Waals surface area (Å²) in [5.41, 5.74) is 1.15. The summed E-state index contributed by atoms with van der Waals surface area (Å²) in [7, 11) is -3.79. The molecule has 1 aromatic heterocycles. The van der Waals surface area contributed by atoms with E-state index in [1.54, 1.807) is 24.4 Å². The fraction of sp³-hybridized carbons (Fsp3) is 0. The first-order valence-corrected chi connectivity index (χ1v) is 8.11. The summed E-state index contributed by atoms with van der Waals surface area (Å²) in [5, 5.41) is 7.99. The van der Waals surface area contributed by atoms with Crippen LogP contribution >= 0.6 is 23.2 Å². The van der Waals surface area contributed by atoms with Gasteiger partial charge in [-0.3, -0.25) is 9.82 Å². The van der Waals surface area contributed by atoms with E-state index in [4.69, 9.17) is 23.2 Å². The van der Waals surface area contributed by atoms with Crippen LogP contribution < -0.4 is 4.72 Å². The fourth-order valence-electron chi connectivity index (χ4n) is 1.90. The number of benzene rings is 2. The Hall–Kier alpha value is -1.76. The average Bonchev–Trinajstić information content (AvgIpc) is 2.85. The second kappa shape index (κ2) is 5.22. The molecular formula is C13H9Cl2N3O2S. The van der Waals surface area contributed by atoms with Gasteiger partial charge in [0.1, 0.15) is 4.90 Å². The van der Waals surface area contributed by atoms with Crippen LogP contribution in [0.4, 0.5) is 5.69 Å². The summed E-state index contributed by atoms with van der Waals surface area (Å²) in [5.74, 6) is 0. The molecule has 2 N–H and O–H groups in total. The van der Waals surface area contributed by atoms with Crippen molar-refractivity contribution in [2.24, 2.45) is 0 Å². The highest BCUT2D eigenvalue weighted by molar-refractivity contribution is 7.92. The molecule has 8 heteroatoms.